The number of hydrogen-bond acceptors (Lipinski definition) is 3. The molecule has 0 spiro atoms. The minimum Gasteiger partial charge on any atom is -0.352 e. The first-order valence-corrected chi connectivity index (χ1v) is 10.9. The van der Waals surface area contributed by atoms with E-state index in [-0.39, 0.29) is 5.91 Å². The van der Waals surface area contributed by atoms with Gasteiger partial charge >= 0.3 is 0 Å². The zero-order chi connectivity index (χ0) is 20.9. The third-order valence-electron chi connectivity index (χ3n) is 5.00. The third-order valence-corrected chi connectivity index (χ3v) is 5.93. The zero-order valence-corrected chi connectivity index (χ0v) is 18.0. The van der Waals surface area contributed by atoms with E-state index < -0.39 is 0 Å². The van der Waals surface area contributed by atoms with Crippen molar-refractivity contribution in [3.05, 3.63) is 101 Å². The van der Waals surface area contributed by atoms with Gasteiger partial charge in [-0.25, -0.2) is 4.98 Å². The maximum absolute atomic E-state index is 13.0. The van der Waals surface area contributed by atoms with Crippen molar-refractivity contribution < 1.29 is 4.79 Å². The standard InChI is InChI=1S/C26H24N2OS/c1-18-7-11-20(12-8-18)15-16-27-26(29)23-17-25(28-24-6-4-3-5-22(23)24)30-21-13-9-19(2)10-14-21/h3-14,17H,15-16H2,1-2H3,(H,27,29). The summed E-state index contributed by atoms with van der Waals surface area (Å²) in [5, 5.41) is 4.77. The van der Waals surface area contributed by atoms with Crippen molar-refractivity contribution in [2.45, 2.75) is 30.2 Å². The molecule has 30 heavy (non-hydrogen) atoms. The van der Waals surface area contributed by atoms with Gasteiger partial charge in [0.2, 0.25) is 0 Å². The molecule has 4 rings (SSSR count). The number of pyridine rings is 1. The van der Waals surface area contributed by atoms with Crippen LogP contribution in [0.4, 0.5) is 0 Å². The smallest absolute Gasteiger partial charge is 0.252 e. The van der Waals surface area contributed by atoms with Gasteiger partial charge in [0.15, 0.2) is 0 Å². The summed E-state index contributed by atoms with van der Waals surface area (Å²) in [5.74, 6) is -0.0635. The summed E-state index contributed by atoms with van der Waals surface area (Å²) in [6, 6.07) is 26.5. The van der Waals surface area contributed by atoms with Crippen molar-refractivity contribution in [3.8, 4) is 0 Å². The SMILES string of the molecule is Cc1ccc(CCNC(=O)c2cc(Sc3ccc(C)cc3)nc3ccccc23)cc1. The summed E-state index contributed by atoms with van der Waals surface area (Å²) in [5.41, 5.74) is 5.18. The van der Waals surface area contributed by atoms with Gasteiger partial charge in [0, 0.05) is 16.8 Å². The van der Waals surface area contributed by atoms with E-state index in [0.29, 0.717) is 12.1 Å². The molecule has 4 aromatic rings. The third kappa shape index (κ3) is 4.89. The van der Waals surface area contributed by atoms with Crippen LogP contribution in [0.5, 0.6) is 0 Å². The van der Waals surface area contributed by atoms with Crippen LogP contribution in [0.3, 0.4) is 0 Å². The lowest BCUT2D eigenvalue weighted by Gasteiger charge is -2.11. The second-order valence-corrected chi connectivity index (χ2v) is 8.53. The number of nitrogens with one attached hydrogen (secondary N) is 1. The molecule has 1 amide bonds. The number of amides is 1. The van der Waals surface area contributed by atoms with E-state index in [2.05, 4.69) is 67.7 Å². The van der Waals surface area contributed by atoms with Gasteiger partial charge in [-0.1, -0.05) is 77.5 Å². The van der Waals surface area contributed by atoms with E-state index in [1.54, 1.807) is 11.8 Å². The molecule has 0 aliphatic rings. The molecule has 0 unspecified atom stereocenters. The van der Waals surface area contributed by atoms with Crippen LogP contribution in [0.2, 0.25) is 0 Å². The van der Waals surface area contributed by atoms with E-state index >= 15 is 0 Å². The minimum atomic E-state index is -0.0635. The summed E-state index contributed by atoms with van der Waals surface area (Å²) in [4.78, 5) is 18.9. The minimum absolute atomic E-state index is 0.0635. The van der Waals surface area contributed by atoms with E-state index in [1.807, 2.05) is 30.3 Å². The lowest BCUT2D eigenvalue weighted by atomic mass is 10.1. The van der Waals surface area contributed by atoms with Crippen LogP contribution < -0.4 is 5.32 Å². The lowest BCUT2D eigenvalue weighted by molar-refractivity contribution is 0.0955. The Morgan fingerprint density at radius 2 is 1.57 bits per heavy atom. The molecule has 0 radical (unpaired) electrons. The summed E-state index contributed by atoms with van der Waals surface area (Å²) in [6.45, 7) is 4.74. The fourth-order valence-electron chi connectivity index (χ4n) is 3.29. The fraction of sp³-hybridized carbons (Fsp3) is 0.154. The van der Waals surface area contributed by atoms with Gasteiger partial charge in [-0.15, -0.1) is 0 Å². The monoisotopic (exact) mass is 412 g/mol. The second kappa shape index (κ2) is 9.14. The Labute approximate surface area is 181 Å². The maximum Gasteiger partial charge on any atom is 0.252 e. The highest BCUT2D eigenvalue weighted by molar-refractivity contribution is 7.99. The number of nitrogens with zero attached hydrogens (tertiary/aromatic N) is 1. The molecular formula is C26H24N2OS. The Morgan fingerprint density at radius 1 is 0.900 bits per heavy atom. The Hall–Kier alpha value is -3.11. The first kappa shape index (κ1) is 20.2. The topological polar surface area (TPSA) is 42.0 Å². The number of rotatable bonds is 6. The van der Waals surface area contributed by atoms with E-state index in [4.69, 9.17) is 4.98 Å². The summed E-state index contributed by atoms with van der Waals surface area (Å²) < 4.78 is 0. The number of aryl methyl sites for hydroxylation is 2. The molecule has 0 saturated carbocycles. The van der Waals surface area contributed by atoms with Crippen LogP contribution in [0, 0.1) is 13.8 Å². The predicted molar refractivity (Wildman–Crippen MR) is 124 cm³/mol. The molecule has 3 aromatic carbocycles. The molecule has 1 heterocycles. The van der Waals surface area contributed by atoms with Crippen molar-refractivity contribution in [2.24, 2.45) is 0 Å². The number of carbonyl (C=O) groups excluding carboxylic acids is 1. The van der Waals surface area contributed by atoms with Crippen LogP contribution in [-0.4, -0.2) is 17.4 Å². The largest absolute Gasteiger partial charge is 0.352 e. The molecular weight excluding hydrogens is 388 g/mol. The van der Waals surface area contributed by atoms with E-state index in [1.165, 1.54) is 16.7 Å². The Morgan fingerprint density at radius 3 is 2.30 bits per heavy atom. The van der Waals surface area contributed by atoms with E-state index in [9.17, 15) is 4.79 Å². The highest BCUT2D eigenvalue weighted by atomic mass is 32.2. The Bertz CT molecular complexity index is 1170. The summed E-state index contributed by atoms with van der Waals surface area (Å²) in [7, 11) is 0. The molecule has 0 aliphatic heterocycles. The van der Waals surface area contributed by atoms with Crippen LogP contribution in [-0.2, 0) is 6.42 Å². The molecule has 150 valence electrons. The molecule has 1 N–H and O–H groups in total. The van der Waals surface area contributed by atoms with Crippen LogP contribution in [0.1, 0.15) is 27.0 Å². The maximum atomic E-state index is 13.0. The number of benzene rings is 3. The van der Waals surface area contributed by atoms with Crippen LogP contribution in [0.15, 0.2) is 88.8 Å². The van der Waals surface area contributed by atoms with Crippen molar-refractivity contribution in [1.82, 2.24) is 10.3 Å². The van der Waals surface area contributed by atoms with Crippen molar-refractivity contribution >= 4 is 28.6 Å². The number of aromatic nitrogens is 1. The van der Waals surface area contributed by atoms with Crippen molar-refractivity contribution in [1.29, 1.82) is 0 Å². The molecule has 1 aromatic heterocycles. The summed E-state index contributed by atoms with van der Waals surface area (Å²) >= 11 is 1.57. The van der Waals surface area contributed by atoms with Crippen molar-refractivity contribution in [3.63, 3.8) is 0 Å². The first-order chi connectivity index (χ1) is 14.6. The number of fused-ring (bicyclic) bond motifs is 1. The molecule has 4 heteroatoms. The predicted octanol–water partition coefficient (Wildman–Crippen LogP) is 5.98. The Balaban J connectivity index is 1.54. The normalized spacial score (nSPS) is 10.9. The number of hydrogen-bond donors (Lipinski definition) is 1. The van der Waals surface area contributed by atoms with Gasteiger partial charge in [-0.3, -0.25) is 4.79 Å². The highest BCUT2D eigenvalue weighted by Gasteiger charge is 2.13. The van der Waals surface area contributed by atoms with Crippen LogP contribution >= 0.6 is 11.8 Å². The van der Waals surface area contributed by atoms with Crippen molar-refractivity contribution in [2.75, 3.05) is 6.54 Å². The Kier molecular flexibility index (Phi) is 6.15. The molecule has 0 fully saturated rings. The molecule has 0 bridgehead atoms. The van der Waals surface area contributed by atoms with Gasteiger partial charge < -0.3 is 5.32 Å². The molecule has 3 nitrogen and oxygen atoms in total. The van der Waals surface area contributed by atoms with Gasteiger partial charge in [-0.05, 0) is 50.1 Å². The molecule has 0 atom stereocenters. The highest BCUT2D eigenvalue weighted by Crippen LogP contribution is 2.30. The van der Waals surface area contributed by atoms with Crippen LogP contribution in [0.25, 0.3) is 10.9 Å². The zero-order valence-electron chi connectivity index (χ0n) is 17.2. The summed E-state index contributed by atoms with van der Waals surface area (Å²) in [6.07, 6.45) is 0.806. The van der Waals surface area contributed by atoms with Gasteiger partial charge in [0.1, 0.15) is 5.03 Å². The second-order valence-electron chi connectivity index (χ2n) is 7.43. The first-order valence-electron chi connectivity index (χ1n) is 10.1. The molecule has 0 saturated heterocycles. The van der Waals surface area contributed by atoms with Gasteiger partial charge in [-0.2, -0.15) is 0 Å². The van der Waals surface area contributed by atoms with Gasteiger partial charge in [0.05, 0.1) is 11.1 Å². The quantitative estimate of drug-likeness (QED) is 0.424. The number of carbonyl (C=O) groups is 1. The fourth-order valence-corrected chi connectivity index (χ4v) is 4.12. The van der Waals surface area contributed by atoms with Gasteiger partial charge in [0.25, 0.3) is 5.91 Å². The number of para-hydroxylation sites is 1. The average molecular weight is 413 g/mol. The lowest BCUT2D eigenvalue weighted by Crippen LogP contribution is -2.26. The average Bonchev–Trinajstić information content (AvgIpc) is 2.76. The molecule has 0 aliphatic carbocycles. The van der Waals surface area contributed by atoms with E-state index in [0.717, 1.165) is 27.2 Å².